The molecule has 9 rings (SSSR count). The number of hydrogen-bond donors (Lipinski definition) is 2. The van der Waals surface area contributed by atoms with E-state index < -0.39 is 40.7 Å². The number of ether oxygens (including phenoxy) is 5. The molecule has 2 fully saturated rings. The highest BCUT2D eigenvalue weighted by molar-refractivity contribution is 6.17. The number of piperidine rings is 1. The predicted molar refractivity (Wildman–Crippen MR) is 238 cm³/mol. The zero-order valence-electron chi connectivity index (χ0n) is 36.9. The molecule has 1 saturated heterocycles. The number of aromatic nitrogens is 1. The Hall–Kier alpha value is -5.89. The van der Waals surface area contributed by atoms with E-state index in [1.807, 2.05) is 19.1 Å². The van der Waals surface area contributed by atoms with Crippen molar-refractivity contribution in [3.8, 4) is 17.2 Å². The predicted octanol–water partition coefficient (Wildman–Crippen LogP) is 7.28. The highest BCUT2D eigenvalue weighted by Crippen LogP contribution is 2.44. The van der Waals surface area contributed by atoms with Gasteiger partial charge in [-0.2, -0.15) is 0 Å². The van der Waals surface area contributed by atoms with E-state index in [1.165, 1.54) is 38.5 Å². The van der Waals surface area contributed by atoms with Gasteiger partial charge in [-0.05, 0) is 76.2 Å². The van der Waals surface area contributed by atoms with Crippen molar-refractivity contribution in [2.45, 2.75) is 111 Å². The molecule has 1 aromatic heterocycles. The summed E-state index contributed by atoms with van der Waals surface area (Å²) in [5.41, 5.74) is -0.981. The zero-order valence-corrected chi connectivity index (χ0v) is 36.9. The molecule has 14 heteroatoms. The molecule has 14 nitrogen and oxygen atoms in total. The lowest BCUT2D eigenvalue weighted by Crippen LogP contribution is -2.41. The van der Waals surface area contributed by atoms with Gasteiger partial charge >= 0.3 is 11.8 Å². The molecule has 63 heavy (non-hydrogen) atoms. The van der Waals surface area contributed by atoms with Crippen molar-refractivity contribution in [2.24, 2.45) is 23.7 Å². The lowest BCUT2D eigenvalue weighted by molar-refractivity contribution is -0.155. The van der Waals surface area contributed by atoms with Gasteiger partial charge in [-0.3, -0.25) is 24.1 Å². The van der Waals surface area contributed by atoms with Gasteiger partial charge in [-0.15, -0.1) is 0 Å². The summed E-state index contributed by atoms with van der Waals surface area (Å²) in [6.07, 6.45) is 12.4. The summed E-state index contributed by atoms with van der Waals surface area (Å²) in [5, 5.41) is 15.1. The van der Waals surface area contributed by atoms with Crippen LogP contribution < -0.4 is 35.6 Å². The van der Waals surface area contributed by atoms with E-state index in [2.05, 4.69) is 24.1 Å². The molecule has 2 N–H and O–H groups in total. The third kappa shape index (κ3) is 7.70. The summed E-state index contributed by atoms with van der Waals surface area (Å²) >= 11 is 0. The Balaban J connectivity index is 1.32. The summed E-state index contributed by atoms with van der Waals surface area (Å²) in [4.78, 5) is 63.7. The normalized spacial score (nSPS) is 30.3. The maximum absolute atomic E-state index is 15.5. The van der Waals surface area contributed by atoms with Gasteiger partial charge in [0.1, 0.15) is 47.3 Å². The molecule has 3 aromatic carbocycles. The van der Waals surface area contributed by atoms with E-state index in [9.17, 15) is 19.5 Å². The number of nitrogens with one attached hydrogen (secondary N) is 1. The number of carbonyl (C=O) groups excluding carboxylic acids is 2. The van der Waals surface area contributed by atoms with Gasteiger partial charge in [0.15, 0.2) is 22.4 Å². The number of aliphatic hydroxyl groups is 1. The van der Waals surface area contributed by atoms with Crippen LogP contribution in [0.5, 0.6) is 17.2 Å². The van der Waals surface area contributed by atoms with Crippen molar-refractivity contribution in [3.63, 3.8) is 0 Å². The lowest BCUT2D eigenvalue weighted by Gasteiger charge is -2.34. The minimum Gasteiger partial charge on any atom is -0.505 e. The highest BCUT2D eigenvalue weighted by atomic mass is 16.7. The number of amides is 1. The molecule has 4 aliphatic heterocycles. The second-order valence-electron chi connectivity index (χ2n) is 18.5. The van der Waals surface area contributed by atoms with Gasteiger partial charge in [0.2, 0.25) is 10.9 Å². The summed E-state index contributed by atoms with van der Waals surface area (Å²) in [6, 6.07) is 3.49. The number of likely N-dealkylation sites (tertiary alicyclic amines) is 1. The summed E-state index contributed by atoms with van der Waals surface area (Å²) < 4.78 is 38.5. The molecule has 8 atom stereocenters. The van der Waals surface area contributed by atoms with Crippen molar-refractivity contribution in [2.75, 3.05) is 25.0 Å². The number of nitrogens with zero attached hydrogens (tertiary/aromatic N) is 2. The first-order chi connectivity index (χ1) is 30.1. The molecule has 332 valence electrons. The van der Waals surface area contributed by atoms with Crippen LogP contribution in [0.15, 0.2) is 62.3 Å². The molecular formula is C49H55N3O11. The molecule has 5 unspecified atom stereocenters. The van der Waals surface area contributed by atoms with Crippen LogP contribution in [0.3, 0.4) is 0 Å². The Morgan fingerprint density at radius 3 is 2.60 bits per heavy atom. The minimum atomic E-state index is -1.77. The summed E-state index contributed by atoms with van der Waals surface area (Å²) in [5.74, 6) is -2.11. The smallest absolute Gasteiger partial charge is 0.307 e. The Labute approximate surface area is 364 Å². The zero-order chi connectivity index (χ0) is 44.5. The Morgan fingerprint density at radius 2 is 1.86 bits per heavy atom. The first kappa shape index (κ1) is 42.4. The van der Waals surface area contributed by atoms with Gasteiger partial charge in [0, 0.05) is 67.6 Å². The number of anilines is 1. The second kappa shape index (κ2) is 16.3. The van der Waals surface area contributed by atoms with Crippen LogP contribution in [-0.4, -0.2) is 70.6 Å². The van der Waals surface area contributed by atoms with Crippen LogP contribution in [0, 0.1) is 30.6 Å². The van der Waals surface area contributed by atoms with Crippen molar-refractivity contribution < 1.29 is 42.8 Å². The van der Waals surface area contributed by atoms with Gasteiger partial charge in [-0.1, -0.05) is 39.0 Å². The van der Waals surface area contributed by atoms with E-state index in [0.29, 0.717) is 36.6 Å². The van der Waals surface area contributed by atoms with E-state index >= 15 is 4.79 Å². The number of allylic oxidation sites excluding steroid dienone is 4. The first-order valence-electron chi connectivity index (χ1n) is 22.2. The van der Waals surface area contributed by atoms with Crippen LogP contribution in [0.2, 0.25) is 0 Å². The third-order valence-corrected chi connectivity index (χ3v) is 13.5. The minimum absolute atomic E-state index is 0.0170. The Morgan fingerprint density at radius 1 is 1.05 bits per heavy atom. The van der Waals surface area contributed by atoms with Crippen LogP contribution in [-0.2, 0) is 19.1 Å². The van der Waals surface area contributed by atoms with Crippen LogP contribution in [0.25, 0.3) is 38.7 Å². The standard InChI is InChI=1S/C49H55N3O11/c1-24-10-8-11-27(4)48(57)51-41-42(55)37-36(40-46(41)61-34-22-32(21-33(54)39(34)50-40)58-17-15-52-23-30-13-14-31(52)20-30)38-45-28(5)44(37)62-35(19-25(2)18-24)43(60-29(6)53)26(3)12-9-16-59-49(7,63-45)47(38)56/h8-11,16,21-22,24-26,30-31,35,43,56H,12-15,17-20,23H2,1-7H3,(H,51,57)/b10-8+,16-9+,27-11-/t24?,25-,26-,30?,31?,35?,43?,49+/m1/s1. The van der Waals surface area contributed by atoms with Crippen molar-refractivity contribution in [3.05, 3.63) is 79.5 Å². The van der Waals surface area contributed by atoms with E-state index in [1.54, 1.807) is 39.0 Å². The molecule has 1 saturated carbocycles. The van der Waals surface area contributed by atoms with Crippen molar-refractivity contribution >= 4 is 56.3 Å². The van der Waals surface area contributed by atoms with Crippen LogP contribution >= 0.6 is 0 Å². The topological polar surface area (TPSA) is 176 Å². The molecule has 1 amide bonds. The largest absolute Gasteiger partial charge is 0.505 e. The molecular weight excluding hydrogens is 807 g/mol. The van der Waals surface area contributed by atoms with Crippen LogP contribution in [0.1, 0.15) is 85.6 Å². The average Bonchev–Trinajstić information content (AvgIpc) is 3.93. The monoisotopic (exact) mass is 861 g/mol. The fraction of sp³-hybridized carbons (Fsp3) is 0.490. The molecule has 5 aliphatic rings. The fourth-order valence-electron chi connectivity index (χ4n) is 10.4. The summed E-state index contributed by atoms with van der Waals surface area (Å²) in [6.45, 7) is 14.5. The van der Waals surface area contributed by atoms with Gasteiger partial charge < -0.3 is 38.5 Å². The molecule has 0 spiro atoms. The molecule has 4 aromatic rings. The maximum Gasteiger partial charge on any atom is 0.307 e. The van der Waals surface area contributed by atoms with Gasteiger partial charge in [-0.25, -0.2) is 4.98 Å². The summed E-state index contributed by atoms with van der Waals surface area (Å²) in [7, 11) is 0. The Kier molecular flexibility index (Phi) is 11.0. The number of fused-ring (bicyclic) bond motifs is 10. The van der Waals surface area contributed by atoms with E-state index in [0.717, 1.165) is 25.4 Å². The number of aliphatic hydroxyl groups excluding tert-OH is 1. The van der Waals surface area contributed by atoms with E-state index in [4.69, 9.17) is 33.1 Å². The first-order valence-corrected chi connectivity index (χ1v) is 22.2. The van der Waals surface area contributed by atoms with E-state index in [-0.39, 0.29) is 84.6 Å². The van der Waals surface area contributed by atoms with Crippen molar-refractivity contribution in [1.29, 1.82) is 0 Å². The number of rotatable bonds is 5. The molecule has 1 aliphatic carbocycles. The lowest BCUT2D eigenvalue weighted by atomic mass is 9.86. The van der Waals surface area contributed by atoms with Gasteiger partial charge in [0.05, 0.1) is 16.9 Å². The quantitative estimate of drug-likeness (QED) is 0.117. The number of benzene rings is 3. The number of carbonyl (C=O) groups is 2. The molecule has 5 heterocycles. The Bertz CT molecular complexity index is 2830. The highest BCUT2D eigenvalue weighted by Gasteiger charge is 2.45. The SMILES string of the molecule is CC(=O)OC1C2C[C@H](C)CC(C)/C=C/C=C(/C)C(=O)Nc3c(=O)c4c(c(C)c5c(c4c4nc6c(=O)cc(OCCN7CC8CCC7C8)cc6oc34)=C(O)[C@@](C)(O/C=C/C[C@H]1C)O5)O2. The number of hydrogen-bond acceptors (Lipinski definition) is 13. The maximum atomic E-state index is 15.5. The van der Waals surface area contributed by atoms with Crippen LogP contribution in [0.4, 0.5) is 5.69 Å². The molecule has 0 radical (unpaired) electrons. The van der Waals surface area contributed by atoms with Crippen molar-refractivity contribution in [1.82, 2.24) is 9.88 Å². The third-order valence-electron chi connectivity index (χ3n) is 13.5. The average molecular weight is 862 g/mol. The number of esters is 1. The second-order valence-corrected chi connectivity index (χ2v) is 18.5. The fourth-order valence-corrected chi connectivity index (χ4v) is 10.4. The molecule has 8 bridgehead atoms. The van der Waals surface area contributed by atoms with Gasteiger partial charge in [0.25, 0.3) is 5.91 Å².